The van der Waals surface area contributed by atoms with Gasteiger partial charge in [-0.1, -0.05) is 55.1 Å². The Kier molecular flexibility index (Phi) is 8.59. The van der Waals surface area contributed by atoms with Crippen LogP contribution in [-0.4, -0.2) is 27.9 Å². The van der Waals surface area contributed by atoms with Crippen molar-refractivity contribution in [2.45, 2.75) is 29.6 Å². The third-order valence-corrected chi connectivity index (χ3v) is 7.76. The van der Waals surface area contributed by atoms with Gasteiger partial charge in [0.2, 0.25) is 15.3 Å². The van der Waals surface area contributed by atoms with Crippen LogP contribution in [0, 0.1) is 6.92 Å². The van der Waals surface area contributed by atoms with E-state index in [1.165, 1.54) is 19.2 Å². The Morgan fingerprint density at radius 3 is 1.60 bits per heavy atom. The number of aryl methyl sites for hydroxylation is 1. The number of hydrogen-bond acceptors (Lipinski definition) is 4. The summed E-state index contributed by atoms with van der Waals surface area (Å²) in [5.74, 6) is -0.175. The van der Waals surface area contributed by atoms with Crippen LogP contribution in [0.4, 0.5) is 26.3 Å². The normalized spacial score (nSPS) is 12.8. The fourth-order valence-electron chi connectivity index (χ4n) is 3.93. The molecule has 0 amide bonds. The Bertz CT molecular complexity index is 1490. The molecule has 0 aromatic heterocycles. The molecule has 0 aliphatic heterocycles. The highest BCUT2D eigenvalue weighted by Gasteiger charge is 2.72. The minimum absolute atomic E-state index is 0.0181. The summed E-state index contributed by atoms with van der Waals surface area (Å²) in [7, 11) is -2.67. The molecule has 0 aliphatic carbocycles. The average molecular weight is 583 g/mol. The van der Waals surface area contributed by atoms with E-state index < -0.39 is 38.7 Å². The van der Waals surface area contributed by atoms with Crippen LogP contribution in [0.25, 0.3) is 0 Å². The van der Waals surface area contributed by atoms with E-state index in [1.54, 1.807) is 19.1 Å². The molecule has 0 unspecified atom stereocenters. The zero-order valence-electron chi connectivity index (χ0n) is 21.3. The highest BCUT2D eigenvalue weighted by molar-refractivity contribution is 7.95. The predicted octanol–water partition coefficient (Wildman–Crippen LogP) is 7.85. The van der Waals surface area contributed by atoms with Gasteiger partial charge in [-0.25, -0.2) is 8.42 Å². The summed E-state index contributed by atoms with van der Waals surface area (Å²) in [5, 5.41) is 0. The molecule has 11 heteroatoms. The van der Waals surface area contributed by atoms with E-state index in [1.807, 2.05) is 0 Å². The van der Waals surface area contributed by atoms with Crippen LogP contribution in [0.2, 0.25) is 0 Å². The molecule has 3 rings (SSSR count). The Labute approximate surface area is 227 Å². The van der Waals surface area contributed by atoms with E-state index in [-0.39, 0.29) is 27.1 Å². The average Bonchev–Trinajstić information content (AvgIpc) is 2.87. The Morgan fingerprint density at radius 1 is 0.725 bits per heavy atom. The molecule has 212 valence electrons. The van der Waals surface area contributed by atoms with Crippen molar-refractivity contribution in [2.75, 3.05) is 7.11 Å². The van der Waals surface area contributed by atoms with E-state index in [9.17, 15) is 34.8 Å². The molecule has 0 fully saturated rings. The van der Waals surface area contributed by atoms with Crippen molar-refractivity contribution in [3.63, 3.8) is 0 Å². The first-order valence-electron chi connectivity index (χ1n) is 11.5. The standard InChI is InChI=1S/C29H24F6O4S/c1-19-5-17-26(18-6-19)40(36,37)21(3)8-7-20(2)39-25-15-11-23(12-16-25)27(28(30,31)32,29(33,34)35)22-9-13-24(38-4)14-10-22/h5-18H,2-3H2,1,4H3/b8-7-. The minimum atomic E-state index is -5.75. The second kappa shape index (κ2) is 11.2. The van der Waals surface area contributed by atoms with Gasteiger partial charge in [-0.2, -0.15) is 26.3 Å². The maximum atomic E-state index is 14.3. The van der Waals surface area contributed by atoms with Gasteiger partial charge in [-0.15, -0.1) is 0 Å². The largest absolute Gasteiger partial charge is 0.497 e. The summed E-state index contributed by atoms with van der Waals surface area (Å²) < 4.78 is 121. The second-order valence-electron chi connectivity index (χ2n) is 8.68. The molecule has 0 heterocycles. The van der Waals surface area contributed by atoms with Gasteiger partial charge in [0.1, 0.15) is 17.3 Å². The zero-order valence-corrected chi connectivity index (χ0v) is 22.1. The number of allylic oxidation sites excluding steroid dienone is 2. The van der Waals surface area contributed by atoms with Crippen molar-refractivity contribution in [1.82, 2.24) is 0 Å². The summed E-state index contributed by atoms with van der Waals surface area (Å²) in [6.45, 7) is 8.92. The topological polar surface area (TPSA) is 52.6 Å². The summed E-state index contributed by atoms with van der Waals surface area (Å²) >= 11 is 0. The molecular weight excluding hydrogens is 558 g/mol. The number of rotatable bonds is 9. The molecule has 0 aliphatic rings. The van der Waals surface area contributed by atoms with Crippen LogP contribution in [0.15, 0.2) is 114 Å². The van der Waals surface area contributed by atoms with E-state index in [4.69, 9.17) is 9.47 Å². The third-order valence-electron chi connectivity index (χ3n) is 6.04. The van der Waals surface area contributed by atoms with Crippen molar-refractivity contribution in [1.29, 1.82) is 0 Å². The molecule has 3 aromatic carbocycles. The van der Waals surface area contributed by atoms with Crippen LogP contribution in [0.3, 0.4) is 0 Å². The lowest BCUT2D eigenvalue weighted by molar-refractivity contribution is -0.288. The number of methoxy groups -OCH3 is 1. The first-order valence-corrected chi connectivity index (χ1v) is 13.0. The molecule has 0 saturated carbocycles. The number of hydrogen-bond donors (Lipinski definition) is 0. The fourth-order valence-corrected chi connectivity index (χ4v) is 4.97. The molecule has 4 nitrogen and oxygen atoms in total. The number of ether oxygens (including phenoxy) is 2. The SMILES string of the molecule is C=C(/C=C\C(=C)S(=O)(=O)c1ccc(C)cc1)Oc1ccc(C(c2ccc(OC)cc2)(C(F)(F)F)C(F)(F)F)cc1. The Hall–Kier alpha value is -3.99. The van der Waals surface area contributed by atoms with E-state index in [0.29, 0.717) is 24.3 Å². The van der Waals surface area contributed by atoms with Crippen LogP contribution in [0.5, 0.6) is 11.5 Å². The zero-order chi connectivity index (χ0) is 29.9. The van der Waals surface area contributed by atoms with E-state index >= 15 is 0 Å². The molecule has 40 heavy (non-hydrogen) atoms. The Morgan fingerprint density at radius 2 is 1.18 bits per heavy atom. The van der Waals surface area contributed by atoms with Crippen LogP contribution >= 0.6 is 0 Å². The van der Waals surface area contributed by atoms with Gasteiger partial charge in [-0.3, -0.25) is 0 Å². The fraction of sp³-hybridized carbons (Fsp3) is 0.172. The van der Waals surface area contributed by atoms with Crippen LogP contribution in [-0.2, 0) is 15.3 Å². The molecule has 0 spiro atoms. The lowest BCUT2D eigenvalue weighted by Crippen LogP contribution is -2.54. The quantitative estimate of drug-likeness (QED) is 0.147. The first kappa shape index (κ1) is 30.6. The number of halogens is 6. The molecule has 3 aromatic rings. The van der Waals surface area contributed by atoms with E-state index in [2.05, 4.69) is 13.2 Å². The van der Waals surface area contributed by atoms with Crippen LogP contribution in [0.1, 0.15) is 16.7 Å². The molecule has 0 bridgehead atoms. The number of benzene rings is 3. The monoisotopic (exact) mass is 582 g/mol. The minimum Gasteiger partial charge on any atom is -0.497 e. The van der Waals surface area contributed by atoms with Crippen molar-refractivity contribution in [3.05, 3.63) is 125 Å². The molecule has 0 saturated heterocycles. The third kappa shape index (κ3) is 5.94. The Balaban J connectivity index is 1.88. The predicted molar refractivity (Wildman–Crippen MR) is 139 cm³/mol. The van der Waals surface area contributed by atoms with Gasteiger partial charge in [0.15, 0.2) is 0 Å². The van der Waals surface area contributed by atoms with Crippen molar-refractivity contribution in [3.8, 4) is 11.5 Å². The van der Waals surface area contributed by atoms with Gasteiger partial charge in [0.25, 0.3) is 0 Å². The summed E-state index contributed by atoms with van der Waals surface area (Å²) in [6, 6.07) is 12.7. The molecule has 0 N–H and O–H groups in total. The maximum Gasteiger partial charge on any atom is 0.411 e. The maximum absolute atomic E-state index is 14.3. The summed E-state index contributed by atoms with van der Waals surface area (Å²) in [6.07, 6.45) is -9.22. The van der Waals surface area contributed by atoms with Gasteiger partial charge < -0.3 is 9.47 Å². The smallest absolute Gasteiger partial charge is 0.411 e. The highest BCUT2D eigenvalue weighted by Crippen LogP contribution is 2.56. The molecule has 0 atom stereocenters. The van der Waals surface area contributed by atoms with Gasteiger partial charge in [0, 0.05) is 0 Å². The summed E-state index contributed by atoms with van der Waals surface area (Å²) in [5.41, 5.74) is -5.59. The van der Waals surface area contributed by atoms with Crippen molar-refractivity contribution >= 4 is 9.84 Å². The van der Waals surface area contributed by atoms with Crippen molar-refractivity contribution in [2.24, 2.45) is 0 Å². The highest BCUT2D eigenvalue weighted by atomic mass is 32.2. The van der Waals surface area contributed by atoms with E-state index in [0.717, 1.165) is 42.0 Å². The number of sulfone groups is 1. The lowest BCUT2D eigenvalue weighted by Gasteiger charge is -2.38. The van der Waals surface area contributed by atoms with Gasteiger partial charge >= 0.3 is 12.4 Å². The van der Waals surface area contributed by atoms with Crippen LogP contribution < -0.4 is 9.47 Å². The summed E-state index contributed by atoms with van der Waals surface area (Å²) in [4.78, 5) is -0.263. The first-order chi connectivity index (χ1) is 18.5. The molecule has 0 radical (unpaired) electrons. The second-order valence-corrected chi connectivity index (χ2v) is 10.7. The lowest BCUT2D eigenvalue weighted by atomic mass is 9.73. The van der Waals surface area contributed by atoms with Crippen molar-refractivity contribution < 1.29 is 44.2 Å². The van der Waals surface area contributed by atoms with Gasteiger partial charge in [-0.05, 0) is 66.6 Å². The van der Waals surface area contributed by atoms with Gasteiger partial charge in [0.05, 0.1) is 16.9 Å². The number of alkyl halides is 6. The molecular formula is C29H24F6O4S.